The number of aldehydes is 1. The van der Waals surface area contributed by atoms with Crippen molar-refractivity contribution in [1.29, 1.82) is 0 Å². The van der Waals surface area contributed by atoms with Crippen LogP contribution in [-0.2, 0) is 74.4 Å². The van der Waals surface area contributed by atoms with Gasteiger partial charge in [0.05, 0.1) is 67.6 Å². The Morgan fingerprint density at radius 1 is 0.670 bits per heavy atom. The topological polar surface area (TPSA) is 179 Å². The van der Waals surface area contributed by atoms with E-state index in [0.717, 1.165) is 6.29 Å². The number of rotatable bonds is 32. The number of alkyl halides is 4. The highest BCUT2D eigenvalue weighted by Gasteiger charge is 2.59. The van der Waals surface area contributed by atoms with Crippen LogP contribution in [0, 0.1) is 18.3 Å². The van der Waals surface area contributed by atoms with Crippen molar-refractivity contribution in [2.75, 3.05) is 18.1 Å². The van der Waals surface area contributed by atoms with Crippen LogP contribution in [0.25, 0.3) is 0 Å². The fourth-order valence-corrected chi connectivity index (χ4v) is 20.3. The maximum Gasteiger partial charge on any atom is 0.534 e. The summed E-state index contributed by atoms with van der Waals surface area (Å²) in [5.41, 5.74) is -6.17. The van der Waals surface area contributed by atoms with Crippen molar-refractivity contribution in [1.82, 2.24) is 0 Å². The molecule has 0 bridgehead atoms. The van der Waals surface area contributed by atoms with Gasteiger partial charge in [-0.25, -0.2) is 0 Å². The summed E-state index contributed by atoms with van der Waals surface area (Å²) in [4.78, 5) is 27.3. The van der Waals surface area contributed by atoms with Gasteiger partial charge in [0, 0.05) is 55.5 Å². The number of carbonyl (C=O) groups is 2. The predicted molar refractivity (Wildman–Crippen MR) is 401 cm³/mol. The van der Waals surface area contributed by atoms with Crippen molar-refractivity contribution in [3.63, 3.8) is 0 Å². The van der Waals surface area contributed by atoms with Crippen LogP contribution in [0.3, 0.4) is 0 Å². The molecule has 1 radical (unpaired) electrons. The van der Waals surface area contributed by atoms with E-state index in [-0.39, 0.29) is 87.0 Å². The second-order valence-electron chi connectivity index (χ2n) is 36.5. The molecule has 0 N–H and O–H groups in total. The highest BCUT2D eigenvalue weighted by atomic mass is 127. The summed E-state index contributed by atoms with van der Waals surface area (Å²) < 4.78 is 147. The van der Waals surface area contributed by atoms with E-state index in [1.54, 1.807) is 14.0 Å². The lowest BCUT2D eigenvalue weighted by Gasteiger charge is -2.56. The quantitative estimate of drug-likeness (QED) is 0.00906. The van der Waals surface area contributed by atoms with Crippen molar-refractivity contribution >= 4 is 86.4 Å². The maximum absolute atomic E-state index is 14.9. The van der Waals surface area contributed by atoms with Gasteiger partial charge in [0.1, 0.15) is 47.8 Å². The van der Waals surface area contributed by atoms with Crippen molar-refractivity contribution < 1.29 is 85.9 Å². The molecule has 0 aromatic carbocycles. The van der Waals surface area contributed by atoms with E-state index < -0.39 is 136 Å². The van der Waals surface area contributed by atoms with Gasteiger partial charge in [-0.2, -0.15) is 21.6 Å². The summed E-state index contributed by atoms with van der Waals surface area (Å²) >= 11 is 2.32. The van der Waals surface area contributed by atoms with Crippen molar-refractivity contribution in [3.05, 3.63) is 30.9 Å². The SMILES string of the molecule is C=C(OS(=O)(=O)C(F)(F)F)[C@H](C)C[C@H]1CC[C@@H]2O[C@@H](CC[CH]/C=C/[C@H](O[Si](C)(C)C(C)(C)C)[C@@H]3O[C@H]4CC[C@H](CC(=O)C[C@@H]5[C@@H](OC)[C@@H](C[C@@H](CO[Si](C)(C)C(C)(C)C)O[Si](C)(C)C(C)(C)C)O[C@H]5CC=O)O[C@@H]4[C@H](O[Si](C)(C)C(C)(C)C)[C@@H]3O[Si](C)(C)C(C)(C)C)C[C@]2(CI)O1. The van der Waals surface area contributed by atoms with Gasteiger partial charge in [-0.15, -0.1) is 0 Å². The Labute approximate surface area is 604 Å². The molecule has 5 heterocycles. The van der Waals surface area contributed by atoms with E-state index in [1.807, 2.05) is 0 Å². The normalized spacial score (nSPS) is 30.4. The Morgan fingerprint density at radius 3 is 1.74 bits per heavy atom. The number of fused-ring (bicyclic) bond motifs is 2. The molecule has 97 heavy (non-hydrogen) atoms. The Morgan fingerprint density at radius 2 is 1.22 bits per heavy atom. The number of unbranched alkanes of at least 4 members (excludes halogenated alkanes) is 1. The number of carbonyl (C=O) groups excluding carboxylic acids is 2. The van der Waals surface area contributed by atoms with Crippen LogP contribution in [-0.4, -0.2) is 177 Å². The third kappa shape index (κ3) is 22.2. The van der Waals surface area contributed by atoms with E-state index in [9.17, 15) is 31.2 Å². The number of hydrogen-bond acceptors (Lipinski definition) is 16. The van der Waals surface area contributed by atoms with E-state index in [2.05, 4.69) is 221 Å². The lowest BCUT2D eigenvalue weighted by molar-refractivity contribution is -0.266. The van der Waals surface area contributed by atoms with Crippen LogP contribution in [0.2, 0.25) is 90.7 Å². The molecule has 5 aliphatic rings. The van der Waals surface area contributed by atoms with E-state index in [1.165, 1.54) is 0 Å². The lowest BCUT2D eigenvalue weighted by atomic mass is 9.85. The highest BCUT2D eigenvalue weighted by molar-refractivity contribution is 14.1. The number of Topliss-reactive ketones (excluding diaryl/α,β-unsaturated/α-hetero) is 1. The summed E-state index contributed by atoms with van der Waals surface area (Å²) in [5.74, 6) is -1.55. The minimum absolute atomic E-state index is 0.000878. The molecule has 16 nitrogen and oxygen atoms in total. The standard InChI is InChI=1S/C71H131F3IO16SSi5/c1-47(48(2)87-92(78,79)71(72,73)74)40-51-35-37-59-70(46-75,86-51)44-52(82-59)32-30-29-31-33-57(89-95(23,24)67(9,10)11)62-64(91-97(27,28)69(15,16)17)63(90-96(25,26)68(12,13)14)61-56(85-62)36-34-50(83-61)41-49(77)42-54-55(38-39-76)84-58(60(54)80-18)43-53(88-94(21,22)66(6,7)8)45-81-93(19,20)65(3,4)5/h29,31,33,39,47,50-64H,2,30,32,34-38,40-46H2,1,3-28H3/b33-31+/t47-,50-,51-,52+,53+,54+,55+,56+,57+,58-,59+,60-,61+,62+,63+,64-,70-/m1/s1. The molecular formula is C71H131F3IO16SSi5. The first-order valence-corrected chi connectivity index (χ1v) is 53.2. The molecule has 17 atom stereocenters. The molecule has 26 heteroatoms. The molecule has 0 aromatic rings. The zero-order chi connectivity index (χ0) is 74.1. The summed E-state index contributed by atoms with van der Waals surface area (Å²) in [6, 6.07) is 0. The largest absolute Gasteiger partial charge is 0.534 e. The third-order valence-electron chi connectivity index (χ3n) is 23.8. The number of ether oxygens (including phenoxy) is 6. The monoisotopic (exact) mass is 1600 g/mol. The fraction of sp³-hybridized carbons (Fsp3) is 0.901. The van der Waals surface area contributed by atoms with Crippen LogP contribution in [0.5, 0.6) is 0 Å². The molecule has 565 valence electrons. The Hall–Kier alpha value is -0.266. The van der Waals surface area contributed by atoms with Crippen LogP contribution in [0.15, 0.2) is 24.5 Å². The molecule has 0 spiro atoms. The van der Waals surface area contributed by atoms with Crippen LogP contribution >= 0.6 is 22.6 Å². The van der Waals surface area contributed by atoms with Crippen molar-refractivity contribution in [3.8, 4) is 0 Å². The number of halogens is 4. The summed E-state index contributed by atoms with van der Waals surface area (Å²) in [5, 5.41) is -0.606. The first kappa shape index (κ1) is 87.4. The third-order valence-corrected chi connectivity index (χ3v) is 48.6. The molecule has 0 saturated carbocycles. The highest BCUT2D eigenvalue weighted by Crippen LogP contribution is 2.50. The van der Waals surface area contributed by atoms with Gasteiger partial charge < -0.3 is 59.5 Å². The smallest absolute Gasteiger partial charge is 0.414 e. The Kier molecular flexibility index (Phi) is 29.6. The first-order chi connectivity index (χ1) is 43.9. The zero-order valence-electron chi connectivity index (χ0n) is 64.6. The van der Waals surface area contributed by atoms with E-state index in [4.69, 9.17) is 50.6 Å². The summed E-state index contributed by atoms with van der Waals surface area (Å²) in [6.07, 6.45) is 6.79. The average molecular weight is 1600 g/mol. The first-order valence-electron chi connectivity index (χ1n) is 35.8. The van der Waals surface area contributed by atoms with Crippen LogP contribution in [0.4, 0.5) is 13.2 Å². The van der Waals surface area contributed by atoms with Gasteiger partial charge in [0.2, 0.25) is 0 Å². The molecule has 5 fully saturated rings. The molecule has 5 rings (SSSR count). The molecular weight excluding hydrogens is 1470 g/mol. The minimum atomic E-state index is -5.83. The van der Waals surface area contributed by atoms with Crippen LogP contribution < -0.4 is 0 Å². The Balaban J connectivity index is 1.42. The molecule has 0 aromatic heterocycles. The summed E-state index contributed by atoms with van der Waals surface area (Å²) in [7, 11) is -16.4. The van der Waals surface area contributed by atoms with Crippen LogP contribution in [0.1, 0.15) is 188 Å². The van der Waals surface area contributed by atoms with Gasteiger partial charge in [-0.3, -0.25) is 4.79 Å². The fourth-order valence-electron chi connectivity index (χ4n) is 12.5. The average Bonchev–Trinajstić information content (AvgIpc) is 1.29. The lowest BCUT2D eigenvalue weighted by Crippen LogP contribution is -2.69. The van der Waals surface area contributed by atoms with Crippen molar-refractivity contribution in [2.24, 2.45) is 11.8 Å². The number of allylic oxidation sites excluding steroid dienone is 2. The predicted octanol–water partition coefficient (Wildman–Crippen LogP) is 18.1. The molecule has 5 aliphatic heterocycles. The van der Waals surface area contributed by atoms with Gasteiger partial charge >= 0.3 is 15.6 Å². The zero-order valence-corrected chi connectivity index (χ0v) is 72.6. The number of hydrogen-bond donors (Lipinski definition) is 0. The van der Waals surface area contributed by atoms with Gasteiger partial charge in [-0.1, -0.05) is 152 Å². The molecule has 0 amide bonds. The Bertz CT molecular complexity index is 2740. The second kappa shape index (κ2) is 32.8. The van der Waals surface area contributed by atoms with Crippen molar-refractivity contribution in [2.45, 2.75) is 375 Å². The molecule has 5 saturated heterocycles. The summed E-state index contributed by atoms with van der Waals surface area (Å²) in [6.45, 7) is 61.7. The number of ketones is 1. The minimum Gasteiger partial charge on any atom is -0.414 e. The van der Waals surface area contributed by atoms with Gasteiger partial charge in [0.25, 0.3) is 0 Å². The van der Waals surface area contributed by atoms with Gasteiger partial charge in [-0.05, 0) is 142 Å². The van der Waals surface area contributed by atoms with Gasteiger partial charge in [0.15, 0.2) is 41.6 Å². The molecule has 0 aliphatic carbocycles. The second-order valence-corrected chi connectivity index (χ2v) is 62.6. The number of methoxy groups -OCH3 is 1. The maximum atomic E-state index is 14.9. The molecule has 0 unspecified atom stereocenters. The van der Waals surface area contributed by atoms with E-state index in [0.29, 0.717) is 62.4 Å². The van der Waals surface area contributed by atoms with E-state index >= 15 is 0 Å².